The fourth-order valence-corrected chi connectivity index (χ4v) is 2.95. The van der Waals surface area contributed by atoms with E-state index in [1.807, 2.05) is 67.7 Å². The van der Waals surface area contributed by atoms with E-state index in [0.717, 1.165) is 28.3 Å². The van der Waals surface area contributed by atoms with E-state index in [0.29, 0.717) is 12.2 Å². The maximum atomic E-state index is 12.3. The van der Waals surface area contributed by atoms with Crippen molar-refractivity contribution in [3.8, 4) is 5.82 Å². The van der Waals surface area contributed by atoms with Crippen molar-refractivity contribution in [1.29, 1.82) is 0 Å². The van der Waals surface area contributed by atoms with Crippen LogP contribution in [0.2, 0.25) is 0 Å². The normalized spacial score (nSPS) is 10.5. The van der Waals surface area contributed by atoms with E-state index in [1.54, 1.807) is 17.1 Å². The number of benzene rings is 2. The van der Waals surface area contributed by atoms with Crippen LogP contribution in [-0.2, 0) is 11.2 Å². The highest BCUT2D eigenvalue weighted by atomic mass is 16.1. The molecule has 2 heterocycles. The lowest BCUT2D eigenvalue weighted by atomic mass is 10.1. The molecule has 0 saturated carbocycles. The molecule has 4 aromatic rings. The zero-order valence-electron chi connectivity index (χ0n) is 15.9. The van der Waals surface area contributed by atoms with E-state index in [2.05, 4.69) is 25.6 Å². The number of hydrogen-bond acceptors (Lipinski definition) is 5. The first-order valence-corrected chi connectivity index (χ1v) is 9.18. The molecule has 0 aliphatic rings. The number of amides is 1. The highest BCUT2D eigenvalue weighted by Crippen LogP contribution is 2.19. The molecule has 0 aliphatic heterocycles. The third kappa shape index (κ3) is 4.84. The summed E-state index contributed by atoms with van der Waals surface area (Å²) in [5, 5.41) is 6.16. The van der Waals surface area contributed by atoms with E-state index in [4.69, 9.17) is 0 Å². The van der Waals surface area contributed by atoms with Gasteiger partial charge in [-0.3, -0.25) is 9.36 Å². The zero-order chi connectivity index (χ0) is 20.1. The SMILES string of the molecule is Cc1cccc(CC(=O)Nc2ccc(Nc3cc(-n4ccnc4)ncn3)cc2)c1. The number of aromatic nitrogens is 4. The molecule has 0 atom stereocenters. The summed E-state index contributed by atoms with van der Waals surface area (Å²) in [4.78, 5) is 24.8. The molecule has 7 nitrogen and oxygen atoms in total. The summed E-state index contributed by atoms with van der Waals surface area (Å²) < 4.78 is 1.81. The highest BCUT2D eigenvalue weighted by Gasteiger charge is 2.05. The van der Waals surface area contributed by atoms with Gasteiger partial charge in [0.25, 0.3) is 0 Å². The van der Waals surface area contributed by atoms with Gasteiger partial charge in [0.1, 0.15) is 24.3 Å². The van der Waals surface area contributed by atoms with Gasteiger partial charge in [0.2, 0.25) is 5.91 Å². The molecule has 2 aromatic heterocycles. The van der Waals surface area contributed by atoms with Crippen molar-refractivity contribution < 1.29 is 4.79 Å². The first-order chi connectivity index (χ1) is 14.2. The number of rotatable bonds is 6. The molecule has 0 spiro atoms. The summed E-state index contributed by atoms with van der Waals surface area (Å²) in [6, 6.07) is 17.3. The molecule has 0 saturated heterocycles. The van der Waals surface area contributed by atoms with Crippen molar-refractivity contribution in [2.75, 3.05) is 10.6 Å². The molecule has 0 bridgehead atoms. The maximum Gasteiger partial charge on any atom is 0.228 e. The predicted molar refractivity (Wildman–Crippen MR) is 112 cm³/mol. The molecule has 29 heavy (non-hydrogen) atoms. The first-order valence-electron chi connectivity index (χ1n) is 9.18. The van der Waals surface area contributed by atoms with Gasteiger partial charge in [0.05, 0.1) is 6.42 Å². The topological polar surface area (TPSA) is 84.7 Å². The lowest BCUT2D eigenvalue weighted by Gasteiger charge is -2.09. The molecule has 0 unspecified atom stereocenters. The molecular weight excluding hydrogens is 364 g/mol. The van der Waals surface area contributed by atoms with Crippen molar-refractivity contribution in [3.05, 3.63) is 90.8 Å². The van der Waals surface area contributed by atoms with Crippen LogP contribution in [0, 0.1) is 6.92 Å². The molecule has 2 aromatic carbocycles. The number of anilines is 3. The van der Waals surface area contributed by atoms with Gasteiger partial charge in [-0.25, -0.2) is 15.0 Å². The van der Waals surface area contributed by atoms with Gasteiger partial charge in [0, 0.05) is 29.8 Å². The molecule has 2 N–H and O–H groups in total. The minimum absolute atomic E-state index is 0.0444. The van der Waals surface area contributed by atoms with Crippen LogP contribution in [-0.4, -0.2) is 25.4 Å². The number of nitrogens with one attached hydrogen (secondary N) is 2. The van der Waals surface area contributed by atoms with Crippen LogP contribution in [0.4, 0.5) is 17.2 Å². The van der Waals surface area contributed by atoms with Crippen molar-refractivity contribution in [3.63, 3.8) is 0 Å². The second kappa shape index (κ2) is 8.35. The quantitative estimate of drug-likeness (QED) is 0.527. The van der Waals surface area contributed by atoms with Gasteiger partial charge in [-0.15, -0.1) is 0 Å². The number of carbonyl (C=O) groups excluding carboxylic acids is 1. The Morgan fingerprint density at radius 3 is 2.62 bits per heavy atom. The molecular formula is C22H20N6O. The van der Waals surface area contributed by atoms with Crippen molar-refractivity contribution >= 4 is 23.1 Å². The Hall–Kier alpha value is -4.00. The zero-order valence-corrected chi connectivity index (χ0v) is 15.9. The van der Waals surface area contributed by atoms with Crippen LogP contribution in [0.15, 0.2) is 79.6 Å². The molecule has 4 rings (SSSR count). The molecule has 0 aliphatic carbocycles. The monoisotopic (exact) mass is 384 g/mol. The summed E-state index contributed by atoms with van der Waals surface area (Å²) in [5.74, 6) is 1.34. The second-order valence-electron chi connectivity index (χ2n) is 6.65. The van der Waals surface area contributed by atoms with Gasteiger partial charge in [-0.1, -0.05) is 29.8 Å². The summed E-state index contributed by atoms with van der Waals surface area (Å²) >= 11 is 0. The predicted octanol–water partition coefficient (Wildman–Crippen LogP) is 3.90. The smallest absolute Gasteiger partial charge is 0.228 e. The Labute approximate surface area is 168 Å². The van der Waals surface area contributed by atoms with Gasteiger partial charge < -0.3 is 10.6 Å². The van der Waals surface area contributed by atoms with Crippen LogP contribution < -0.4 is 10.6 Å². The Kier molecular flexibility index (Phi) is 5.29. The molecule has 144 valence electrons. The summed E-state index contributed by atoms with van der Waals surface area (Å²) in [6.45, 7) is 2.02. The Bertz CT molecular complexity index is 1110. The van der Waals surface area contributed by atoms with E-state index in [-0.39, 0.29) is 5.91 Å². The second-order valence-corrected chi connectivity index (χ2v) is 6.65. The number of aryl methyl sites for hydroxylation is 1. The van der Waals surface area contributed by atoms with Crippen molar-refractivity contribution in [2.45, 2.75) is 13.3 Å². The van der Waals surface area contributed by atoms with Gasteiger partial charge >= 0.3 is 0 Å². The number of nitrogens with zero attached hydrogens (tertiary/aromatic N) is 4. The number of carbonyl (C=O) groups is 1. The van der Waals surface area contributed by atoms with Crippen molar-refractivity contribution in [1.82, 2.24) is 19.5 Å². The van der Waals surface area contributed by atoms with Gasteiger partial charge in [0.15, 0.2) is 0 Å². The Morgan fingerprint density at radius 1 is 1.03 bits per heavy atom. The highest BCUT2D eigenvalue weighted by molar-refractivity contribution is 5.92. The number of imidazole rings is 1. The first kappa shape index (κ1) is 18.4. The van der Waals surface area contributed by atoms with Crippen LogP contribution in [0.5, 0.6) is 0 Å². The summed E-state index contributed by atoms with van der Waals surface area (Å²) in [5.41, 5.74) is 3.75. The molecule has 1 amide bonds. The summed E-state index contributed by atoms with van der Waals surface area (Å²) in [6.07, 6.45) is 7.04. The largest absolute Gasteiger partial charge is 0.340 e. The fraction of sp³-hybridized carbons (Fsp3) is 0.0909. The average molecular weight is 384 g/mol. The van der Waals surface area contributed by atoms with E-state index in [1.165, 1.54) is 6.33 Å². The molecule has 0 fully saturated rings. The van der Waals surface area contributed by atoms with Crippen LogP contribution >= 0.6 is 0 Å². The lowest BCUT2D eigenvalue weighted by Crippen LogP contribution is -2.14. The minimum atomic E-state index is -0.0444. The Balaban J connectivity index is 1.38. The van der Waals surface area contributed by atoms with E-state index in [9.17, 15) is 4.79 Å². The average Bonchev–Trinajstić information content (AvgIpc) is 3.25. The third-order valence-electron chi connectivity index (χ3n) is 4.31. The van der Waals surface area contributed by atoms with Gasteiger partial charge in [-0.2, -0.15) is 0 Å². The van der Waals surface area contributed by atoms with Gasteiger partial charge in [-0.05, 0) is 36.8 Å². The van der Waals surface area contributed by atoms with Crippen LogP contribution in [0.25, 0.3) is 5.82 Å². The standard InChI is InChI=1S/C22H20N6O/c1-16-3-2-4-17(11-16)12-22(29)27-19-7-5-18(6-8-19)26-20-13-21(25-14-24-20)28-10-9-23-15-28/h2-11,13-15H,12H2,1H3,(H,27,29)(H,24,25,26). The Morgan fingerprint density at radius 2 is 1.86 bits per heavy atom. The lowest BCUT2D eigenvalue weighted by molar-refractivity contribution is -0.115. The van der Waals surface area contributed by atoms with E-state index >= 15 is 0 Å². The number of hydrogen-bond donors (Lipinski definition) is 2. The van der Waals surface area contributed by atoms with Crippen LogP contribution in [0.1, 0.15) is 11.1 Å². The summed E-state index contributed by atoms with van der Waals surface area (Å²) in [7, 11) is 0. The maximum absolute atomic E-state index is 12.3. The van der Waals surface area contributed by atoms with Crippen molar-refractivity contribution in [2.24, 2.45) is 0 Å². The molecule has 0 radical (unpaired) electrons. The fourth-order valence-electron chi connectivity index (χ4n) is 2.95. The molecule has 7 heteroatoms. The van der Waals surface area contributed by atoms with Crippen LogP contribution in [0.3, 0.4) is 0 Å². The van der Waals surface area contributed by atoms with E-state index < -0.39 is 0 Å². The minimum Gasteiger partial charge on any atom is -0.340 e. The third-order valence-corrected chi connectivity index (χ3v) is 4.31.